The third kappa shape index (κ3) is 3.52. The molecule has 1 unspecified atom stereocenters. The molecule has 4 rings (SSSR count). The van der Waals surface area contributed by atoms with E-state index in [0.29, 0.717) is 18.8 Å². The zero-order valence-corrected chi connectivity index (χ0v) is 18.1. The number of thioether (sulfide) groups is 1. The third-order valence-corrected chi connectivity index (χ3v) is 6.63. The normalized spacial score (nSPS) is 16.3. The molecule has 1 saturated heterocycles. The van der Waals surface area contributed by atoms with Crippen molar-refractivity contribution in [3.8, 4) is 11.5 Å². The van der Waals surface area contributed by atoms with E-state index in [2.05, 4.69) is 10.3 Å². The molecule has 0 saturated carbocycles. The quantitative estimate of drug-likeness (QED) is 0.648. The topological polar surface area (TPSA) is 93.5 Å². The summed E-state index contributed by atoms with van der Waals surface area (Å²) in [4.78, 5) is 27.7. The molecule has 1 atom stereocenters. The van der Waals surface area contributed by atoms with E-state index in [9.17, 15) is 14.7 Å². The first-order valence-corrected chi connectivity index (χ1v) is 10.5. The molecule has 8 heteroatoms. The lowest BCUT2D eigenvalue weighted by molar-refractivity contribution is -0.118. The van der Waals surface area contributed by atoms with Gasteiger partial charge in [-0.05, 0) is 56.0 Å². The summed E-state index contributed by atoms with van der Waals surface area (Å²) in [5.41, 5.74) is 5.39. The molecular weight excluding hydrogens is 402 g/mol. The van der Waals surface area contributed by atoms with E-state index in [-0.39, 0.29) is 22.1 Å². The number of aromatic nitrogens is 2. The van der Waals surface area contributed by atoms with Gasteiger partial charge in [0.2, 0.25) is 5.91 Å². The Labute approximate surface area is 178 Å². The van der Waals surface area contributed by atoms with Crippen LogP contribution in [0.3, 0.4) is 0 Å². The number of rotatable bonds is 5. The maximum atomic E-state index is 11.7. The number of hydrogen-bond donors (Lipinski definition) is 2. The number of carbonyl (C=O) groups excluding carboxylic acids is 2. The van der Waals surface area contributed by atoms with E-state index < -0.39 is 0 Å². The zero-order chi connectivity index (χ0) is 21.6. The third-order valence-electron chi connectivity index (χ3n) is 5.65. The molecule has 1 aliphatic heterocycles. The number of aryl methyl sites for hydroxylation is 3. The molecule has 7 nitrogen and oxygen atoms in total. The van der Waals surface area contributed by atoms with E-state index in [0.717, 1.165) is 50.9 Å². The lowest BCUT2D eigenvalue weighted by Gasteiger charge is -2.10. The second kappa shape index (κ2) is 7.68. The van der Waals surface area contributed by atoms with Gasteiger partial charge in [0.05, 0.1) is 16.3 Å². The number of hydrogen-bond acceptors (Lipinski definition) is 6. The number of nitrogens with zero attached hydrogens (tertiary/aromatic N) is 2. The monoisotopic (exact) mass is 425 g/mol. The van der Waals surface area contributed by atoms with Crippen LogP contribution in [0.25, 0.3) is 11.0 Å². The zero-order valence-electron chi connectivity index (χ0n) is 17.3. The van der Waals surface area contributed by atoms with Crippen LogP contribution in [0, 0.1) is 20.8 Å². The molecule has 1 aliphatic rings. The predicted molar refractivity (Wildman–Crippen MR) is 116 cm³/mol. The highest BCUT2D eigenvalue weighted by Crippen LogP contribution is 2.34. The van der Waals surface area contributed by atoms with E-state index in [1.807, 2.05) is 56.7 Å². The minimum atomic E-state index is -0.379. The number of phenolic OH excluding ortho intramolecular Hbond substituents is 1. The number of benzene rings is 2. The number of phenols is 1. The van der Waals surface area contributed by atoms with Crippen molar-refractivity contribution in [3.05, 3.63) is 52.3 Å². The van der Waals surface area contributed by atoms with Crippen LogP contribution in [-0.4, -0.2) is 31.1 Å². The summed E-state index contributed by atoms with van der Waals surface area (Å²) in [6, 6.07) is 7.50. The average molecular weight is 426 g/mol. The van der Waals surface area contributed by atoms with Crippen molar-refractivity contribution >= 4 is 33.9 Å². The van der Waals surface area contributed by atoms with E-state index in [1.54, 1.807) is 0 Å². The maximum absolute atomic E-state index is 11.7. The number of carbonyl (C=O) groups is 2. The minimum absolute atomic E-state index is 0.237. The van der Waals surface area contributed by atoms with Crippen LogP contribution in [-0.2, 0) is 24.9 Å². The number of ether oxygens (including phenoxy) is 1. The first-order chi connectivity index (χ1) is 14.3. The van der Waals surface area contributed by atoms with E-state index in [4.69, 9.17) is 4.74 Å². The van der Waals surface area contributed by atoms with Crippen molar-refractivity contribution in [2.24, 2.45) is 7.05 Å². The van der Waals surface area contributed by atoms with Gasteiger partial charge >= 0.3 is 0 Å². The fraction of sp³-hybridized carbons (Fsp3) is 0.318. The smallest absolute Gasteiger partial charge is 0.286 e. The van der Waals surface area contributed by atoms with Crippen molar-refractivity contribution in [3.63, 3.8) is 0 Å². The van der Waals surface area contributed by atoms with Crippen molar-refractivity contribution in [1.82, 2.24) is 14.9 Å². The largest absolute Gasteiger partial charge is 0.507 e. The van der Waals surface area contributed by atoms with Crippen LogP contribution in [0.2, 0.25) is 0 Å². The summed E-state index contributed by atoms with van der Waals surface area (Å²) >= 11 is 1.03. The van der Waals surface area contributed by atoms with Gasteiger partial charge in [0.1, 0.15) is 23.9 Å². The van der Waals surface area contributed by atoms with Gasteiger partial charge < -0.3 is 14.4 Å². The molecule has 0 spiro atoms. The van der Waals surface area contributed by atoms with Gasteiger partial charge in [0, 0.05) is 12.6 Å². The molecular formula is C22H23N3O4S. The highest BCUT2D eigenvalue weighted by Gasteiger charge is 2.31. The Balaban J connectivity index is 1.48. The molecule has 0 bridgehead atoms. The summed E-state index contributed by atoms with van der Waals surface area (Å²) in [5.74, 6) is 1.51. The Kier molecular flexibility index (Phi) is 5.19. The molecule has 2 heterocycles. The van der Waals surface area contributed by atoms with Crippen LogP contribution >= 0.6 is 11.8 Å². The van der Waals surface area contributed by atoms with Crippen LogP contribution in [0.1, 0.15) is 28.1 Å². The average Bonchev–Trinajstić information content (AvgIpc) is 3.22. The number of amides is 2. The van der Waals surface area contributed by atoms with Crippen LogP contribution in [0.15, 0.2) is 24.3 Å². The Hall–Kier alpha value is -3.00. The molecule has 156 valence electrons. The standard InChI is InChI=1S/C22H23N3O4S/c1-11-12(2)20(26)13(3)18-19(11)25(4)17(23-18)10-29-15-7-5-14(6-8-15)9-16-21(27)24-22(28)30-16/h5-8,16,26H,9-10H2,1-4H3,(H,24,27,28). The second-order valence-electron chi connectivity index (χ2n) is 7.53. The number of imide groups is 1. The summed E-state index contributed by atoms with van der Waals surface area (Å²) < 4.78 is 7.93. The van der Waals surface area contributed by atoms with Gasteiger partial charge in [-0.25, -0.2) is 4.98 Å². The van der Waals surface area contributed by atoms with Crippen molar-refractivity contribution in [1.29, 1.82) is 0 Å². The number of aromatic hydroxyl groups is 1. The molecule has 3 aromatic rings. The molecule has 2 amide bonds. The fourth-order valence-electron chi connectivity index (χ4n) is 3.72. The number of imidazole rings is 1. The highest BCUT2D eigenvalue weighted by atomic mass is 32.2. The molecule has 30 heavy (non-hydrogen) atoms. The van der Waals surface area contributed by atoms with Gasteiger partial charge in [0.15, 0.2) is 0 Å². The molecule has 1 aromatic heterocycles. The van der Waals surface area contributed by atoms with E-state index >= 15 is 0 Å². The van der Waals surface area contributed by atoms with Crippen LogP contribution in [0.4, 0.5) is 4.79 Å². The fourth-order valence-corrected chi connectivity index (χ4v) is 4.58. The lowest BCUT2D eigenvalue weighted by atomic mass is 10.0. The van der Waals surface area contributed by atoms with Gasteiger partial charge in [-0.1, -0.05) is 23.9 Å². The second-order valence-corrected chi connectivity index (χ2v) is 8.70. The first-order valence-electron chi connectivity index (χ1n) is 9.63. The molecule has 0 aliphatic carbocycles. The van der Waals surface area contributed by atoms with Crippen LogP contribution in [0.5, 0.6) is 11.5 Å². The summed E-state index contributed by atoms with van der Waals surface area (Å²) in [6.07, 6.45) is 0.495. The Morgan fingerprint density at radius 2 is 1.83 bits per heavy atom. The first kappa shape index (κ1) is 20.3. The molecule has 1 fully saturated rings. The van der Waals surface area contributed by atoms with Crippen LogP contribution < -0.4 is 10.1 Å². The van der Waals surface area contributed by atoms with Gasteiger partial charge in [-0.15, -0.1) is 0 Å². The predicted octanol–water partition coefficient (Wildman–Crippen LogP) is 3.68. The van der Waals surface area contributed by atoms with Crippen molar-refractivity contribution in [2.75, 3.05) is 0 Å². The Morgan fingerprint density at radius 1 is 1.13 bits per heavy atom. The Morgan fingerprint density at radius 3 is 2.47 bits per heavy atom. The lowest BCUT2D eigenvalue weighted by Crippen LogP contribution is -2.25. The molecule has 2 N–H and O–H groups in total. The van der Waals surface area contributed by atoms with Crippen molar-refractivity contribution < 1.29 is 19.4 Å². The van der Waals surface area contributed by atoms with Crippen molar-refractivity contribution in [2.45, 2.75) is 39.0 Å². The molecule has 0 radical (unpaired) electrons. The number of nitrogens with one attached hydrogen (secondary N) is 1. The van der Waals surface area contributed by atoms with Gasteiger partial charge in [-0.3, -0.25) is 14.9 Å². The summed E-state index contributed by atoms with van der Waals surface area (Å²) in [5, 5.41) is 12.0. The SMILES string of the molecule is Cc1c(O)c(C)c2nc(COc3ccc(CC4SC(=O)NC4=O)cc3)n(C)c2c1C. The highest BCUT2D eigenvalue weighted by molar-refractivity contribution is 8.15. The number of fused-ring (bicyclic) bond motifs is 1. The maximum Gasteiger partial charge on any atom is 0.286 e. The minimum Gasteiger partial charge on any atom is -0.507 e. The summed E-state index contributed by atoms with van der Waals surface area (Å²) in [7, 11) is 1.95. The summed E-state index contributed by atoms with van der Waals surface area (Å²) in [6.45, 7) is 6.05. The van der Waals surface area contributed by atoms with Gasteiger partial charge in [-0.2, -0.15) is 0 Å². The molecule has 2 aromatic carbocycles. The van der Waals surface area contributed by atoms with Gasteiger partial charge in [0.25, 0.3) is 5.24 Å². The Bertz CT molecular complexity index is 1170. The van der Waals surface area contributed by atoms with E-state index in [1.165, 1.54) is 0 Å².